The molecule has 94 valence electrons. The first-order valence-electron chi connectivity index (χ1n) is 4.53. The van der Waals surface area contributed by atoms with Crippen LogP contribution in [0, 0.1) is 0 Å². The van der Waals surface area contributed by atoms with E-state index in [1.807, 2.05) is 0 Å². The third-order valence-corrected chi connectivity index (χ3v) is 2.25. The molecule has 1 aromatic carbocycles. The van der Waals surface area contributed by atoms with Gasteiger partial charge < -0.3 is 9.84 Å². The number of ether oxygens (including phenoxy) is 1. The molecule has 0 saturated heterocycles. The van der Waals surface area contributed by atoms with Gasteiger partial charge in [-0.2, -0.15) is 0 Å². The number of carbonyl (C=O) groups is 1. The molecule has 0 atom stereocenters. The molecular weight excluding hydrogens is 305 g/mol. The summed E-state index contributed by atoms with van der Waals surface area (Å²) in [5.74, 6) is -1.38. The van der Waals surface area contributed by atoms with Gasteiger partial charge in [-0.1, -0.05) is 15.9 Å². The van der Waals surface area contributed by atoms with Crippen LogP contribution in [0.15, 0.2) is 22.7 Å². The molecule has 7 heteroatoms. The Labute approximate surface area is 103 Å². The van der Waals surface area contributed by atoms with Gasteiger partial charge in [0.1, 0.15) is 5.75 Å². The summed E-state index contributed by atoms with van der Waals surface area (Å²) in [4.78, 5) is 10.3. The van der Waals surface area contributed by atoms with Crippen molar-refractivity contribution in [3.63, 3.8) is 0 Å². The molecule has 0 aromatic heterocycles. The number of hydrogen-bond donors (Lipinski definition) is 1. The number of aliphatic carboxylic acids is 1. The predicted octanol–water partition coefficient (Wildman–Crippen LogP) is 3.36. The molecule has 0 aliphatic carbocycles. The second-order valence-electron chi connectivity index (χ2n) is 3.24. The van der Waals surface area contributed by atoms with Gasteiger partial charge in [-0.25, -0.2) is 0 Å². The molecular formula is C10H8BrF3O3. The van der Waals surface area contributed by atoms with Crippen molar-refractivity contribution in [3.05, 3.63) is 28.2 Å². The maximum absolute atomic E-state index is 12.0. The molecule has 1 aromatic rings. The summed E-state index contributed by atoms with van der Waals surface area (Å²) in [6, 6.07) is 3.88. The molecule has 0 unspecified atom stereocenters. The topological polar surface area (TPSA) is 46.5 Å². The van der Waals surface area contributed by atoms with E-state index in [0.717, 1.165) is 6.07 Å². The van der Waals surface area contributed by atoms with Crippen molar-refractivity contribution in [1.29, 1.82) is 0 Å². The highest BCUT2D eigenvalue weighted by Crippen LogP contribution is 2.27. The zero-order valence-electron chi connectivity index (χ0n) is 8.42. The summed E-state index contributed by atoms with van der Waals surface area (Å²) >= 11 is 3.03. The maximum Gasteiger partial charge on any atom is 0.573 e. The van der Waals surface area contributed by atoms with Crippen molar-refractivity contribution in [3.8, 4) is 5.75 Å². The van der Waals surface area contributed by atoms with E-state index in [1.54, 1.807) is 6.07 Å². The molecule has 0 radical (unpaired) electrons. The van der Waals surface area contributed by atoms with Crippen molar-refractivity contribution in [2.24, 2.45) is 0 Å². The minimum Gasteiger partial charge on any atom is -0.481 e. The van der Waals surface area contributed by atoms with E-state index in [0.29, 0.717) is 10.0 Å². The number of carboxylic acids is 1. The van der Waals surface area contributed by atoms with Crippen LogP contribution in [-0.4, -0.2) is 17.4 Å². The Bertz CT molecular complexity index is 418. The Morgan fingerprint density at radius 1 is 1.35 bits per heavy atom. The average Bonchev–Trinajstić information content (AvgIpc) is 2.10. The van der Waals surface area contributed by atoms with Gasteiger partial charge in [-0.3, -0.25) is 4.79 Å². The number of aryl methyl sites for hydroxylation is 1. The van der Waals surface area contributed by atoms with Crippen molar-refractivity contribution in [2.75, 3.05) is 0 Å². The molecule has 0 amide bonds. The number of benzene rings is 1. The van der Waals surface area contributed by atoms with Gasteiger partial charge in [0.2, 0.25) is 0 Å². The van der Waals surface area contributed by atoms with Gasteiger partial charge in [0.15, 0.2) is 0 Å². The molecule has 0 saturated carbocycles. The first-order valence-corrected chi connectivity index (χ1v) is 5.32. The first-order chi connectivity index (χ1) is 7.76. The second kappa shape index (κ2) is 5.39. The third-order valence-electron chi connectivity index (χ3n) is 1.79. The predicted molar refractivity (Wildman–Crippen MR) is 56.8 cm³/mol. The lowest BCUT2D eigenvalue weighted by atomic mass is 10.1. The zero-order valence-corrected chi connectivity index (χ0v) is 10.0. The SMILES string of the molecule is O=C(O)CCc1cc(Br)cc(OC(F)(F)F)c1. The number of rotatable bonds is 4. The van der Waals surface area contributed by atoms with Crippen LogP contribution in [0.4, 0.5) is 13.2 Å². The van der Waals surface area contributed by atoms with Gasteiger partial charge >= 0.3 is 12.3 Å². The van der Waals surface area contributed by atoms with Crippen LogP contribution in [0.1, 0.15) is 12.0 Å². The van der Waals surface area contributed by atoms with Gasteiger partial charge in [0.05, 0.1) is 0 Å². The number of carboxylic acid groups (broad SMARTS) is 1. The van der Waals surface area contributed by atoms with E-state index in [9.17, 15) is 18.0 Å². The fourth-order valence-electron chi connectivity index (χ4n) is 1.21. The van der Waals surface area contributed by atoms with Gasteiger partial charge in [0.25, 0.3) is 0 Å². The normalized spacial score (nSPS) is 11.3. The molecule has 1 rings (SSSR count). The summed E-state index contributed by atoms with van der Waals surface area (Å²) < 4.78 is 40.1. The Hall–Kier alpha value is -1.24. The van der Waals surface area contributed by atoms with Crippen LogP contribution in [0.2, 0.25) is 0 Å². The monoisotopic (exact) mass is 312 g/mol. The maximum atomic E-state index is 12.0. The molecule has 0 bridgehead atoms. The quantitative estimate of drug-likeness (QED) is 0.927. The van der Waals surface area contributed by atoms with Crippen LogP contribution in [0.25, 0.3) is 0 Å². The van der Waals surface area contributed by atoms with Crippen LogP contribution in [0.5, 0.6) is 5.75 Å². The van der Waals surface area contributed by atoms with Crippen molar-refractivity contribution in [2.45, 2.75) is 19.2 Å². The second-order valence-corrected chi connectivity index (χ2v) is 4.15. The van der Waals surface area contributed by atoms with Crippen molar-refractivity contribution in [1.82, 2.24) is 0 Å². The summed E-state index contributed by atoms with van der Waals surface area (Å²) in [5.41, 5.74) is 0.459. The summed E-state index contributed by atoms with van der Waals surface area (Å²) in [7, 11) is 0. The van der Waals surface area contributed by atoms with E-state index in [-0.39, 0.29) is 18.6 Å². The van der Waals surface area contributed by atoms with Crippen LogP contribution < -0.4 is 4.74 Å². The van der Waals surface area contributed by atoms with Crippen molar-refractivity contribution < 1.29 is 27.8 Å². The van der Waals surface area contributed by atoms with Crippen LogP contribution in [-0.2, 0) is 11.2 Å². The smallest absolute Gasteiger partial charge is 0.481 e. The minimum atomic E-state index is -4.76. The summed E-state index contributed by atoms with van der Waals surface area (Å²) in [6.07, 6.45) is -4.77. The number of alkyl halides is 3. The largest absolute Gasteiger partial charge is 0.573 e. The average molecular weight is 313 g/mol. The zero-order chi connectivity index (χ0) is 13.1. The van der Waals surface area contributed by atoms with Gasteiger partial charge in [-0.05, 0) is 30.2 Å². The Kier molecular flexibility index (Phi) is 4.39. The Morgan fingerprint density at radius 3 is 2.53 bits per heavy atom. The van der Waals surface area contributed by atoms with E-state index in [2.05, 4.69) is 20.7 Å². The molecule has 0 fully saturated rings. The van der Waals surface area contributed by atoms with Gasteiger partial charge in [-0.15, -0.1) is 13.2 Å². The van der Waals surface area contributed by atoms with E-state index < -0.39 is 12.3 Å². The minimum absolute atomic E-state index is 0.142. The van der Waals surface area contributed by atoms with E-state index in [1.165, 1.54) is 6.07 Å². The van der Waals surface area contributed by atoms with Crippen molar-refractivity contribution >= 4 is 21.9 Å². The molecule has 1 N–H and O–H groups in total. The Balaban J connectivity index is 2.83. The summed E-state index contributed by atoms with van der Waals surface area (Å²) in [5, 5.41) is 8.48. The molecule has 3 nitrogen and oxygen atoms in total. The molecule has 0 aliphatic rings. The lowest BCUT2D eigenvalue weighted by molar-refractivity contribution is -0.274. The fourth-order valence-corrected chi connectivity index (χ4v) is 1.73. The standard InChI is InChI=1S/C10H8BrF3O3/c11-7-3-6(1-2-9(15)16)4-8(5-7)17-10(12,13)14/h3-5H,1-2H2,(H,15,16). The van der Waals surface area contributed by atoms with E-state index in [4.69, 9.17) is 5.11 Å². The highest BCUT2D eigenvalue weighted by atomic mass is 79.9. The Morgan fingerprint density at radius 2 is 2.00 bits per heavy atom. The first kappa shape index (κ1) is 13.8. The van der Waals surface area contributed by atoms with Crippen LogP contribution in [0.3, 0.4) is 0 Å². The summed E-state index contributed by atoms with van der Waals surface area (Å²) in [6.45, 7) is 0. The number of hydrogen-bond acceptors (Lipinski definition) is 2. The van der Waals surface area contributed by atoms with Gasteiger partial charge in [0, 0.05) is 10.9 Å². The third kappa shape index (κ3) is 5.58. The van der Waals surface area contributed by atoms with E-state index >= 15 is 0 Å². The number of halogens is 4. The molecule has 0 heterocycles. The van der Waals surface area contributed by atoms with Crippen LogP contribution >= 0.6 is 15.9 Å². The molecule has 0 aliphatic heterocycles. The molecule has 0 spiro atoms. The highest BCUT2D eigenvalue weighted by Gasteiger charge is 2.31. The lowest BCUT2D eigenvalue weighted by Crippen LogP contribution is -2.17. The molecule has 17 heavy (non-hydrogen) atoms. The lowest BCUT2D eigenvalue weighted by Gasteiger charge is -2.10. The highest BCUT2D eigenvalue weighted by molar-refractivity contribution is 9.10. The fraction of sp³-hybridized carbons (Fsp3) is 0.300.